The maximum atomic E-state index is 11.8. The van der Waals surface area contributed by atoms with Crippen molar-refractivity contribution in [3.05, 3.63) is 97.1 Å². The Morgan fingerprint density at radius 3 is 2.18 bits per heavy atom. The summed E-state index contributed by atoms with van der Waals surface area (Å²) in [5.74, 6) is -0.165. The first-order valence-corrected chi connectivity index (χ1v) is 10.7. The Bertz CT molecular complexity index is 1530. The van der Waals surface area contributed by atoms with Gasteiger partial charge < -0.3 is 11.1 Å². The van der Waals surface area contributed by atoms with Crippen LogP contribution in [0.15, 0.2) is 107 Å². The summed E-state index contributed by atoms with van der Waals surface area (Å²) in [6, 6.07) is 31.7. The van der Waals surface area contributed by atoms with Gasteiger partial charge in [0.1, 0.15) is 5.69 Å². The number of carbonyl (C=O) groups excluding carboxylic acids is 1. The van der Waals surface area contributed by atoms with Crippen molar-refractivity contribution in [2.45, 2.75) is 6.92 Å². The molecule has 0 radical (unpaired) electrons. The molecular weight excluding hydrogens is 408 g/mol. The van der Waals surface area contributed by atoms with Crippen molar-refractivity contribution in [1.82, 2.24) is 0 Å². The van der Waals surface area contributed by atoms with E-state index in [1.54, 1.807) is 6.07 Å². The van der Waals surface area contributed by atoms with Crippen LogP contribution >= 0.6 is 0 Å². The number of carbonyl (C=O) groups is 1. The molecule has 5 heteroatoms. The Morgan fingerprint density at radius 2 is 1.39 bits per heavy atom. The molecule has 0 aromatic heterocycles. The Labute approximate surface area is 191 Å². The fourth-order valence-electron chi connectivity index (χ4n) is 4.07. The van der Waals surface area contributed by atoms with Gasteiger partial charge in [0.25, 0.3) is 0 Å². The number of anilines is 2. The molecule has 5 aromatic carbocycles. The van der Waals surface area contributed by atoms with Crippen LogP contribution in [0.3, 0.4) is 0 Å². The third-order valence-corrected chi connectivity index (χ3v) is 5.57. The molecule has 3 N–H and O–H groups in total. The molecule has 0 bridgehead atoms. The Balaban J connectivity index is 1.73. The molecule has 5 aromatic rings. The molecule has 160 valence electrons. The molecule has 5 rings (SSSR count). The van der Waals surface area contributed by atoms with Gasteiger partial charge in [0.15, 0.2) is 0 Å². The number of fused-ring (bicyclic) bond motifs is 2. The van der Waals surface area contributed by atoms with E-state index in [-0.39, 0.29) is 5.91 Å². The predicted molar refractivity (Wildman–Crippen MR) is 136 cm³/mol. The lowest BCUT2D eigenvalue weighted by molar-refractivity contribution is -0.114. The first-order chi connectivity index (χ1) is 16.1. The van der Waals surface area contributed by atoms with Gasteiger partial charge >= 0.3 is 0 Å². The van der Waals surface area contributed by atoms with E-state index >= 15 is 0 Å². The SMILES string of the molecule is CC(=O)Nc1cc(N)ccc1-c1ccc2ccccc2c1N=Nc1cccc2ccccc12. The first-order valence-electron chi connectivity index (χ1n) is 10.7. The topological polar surface area (TPSA) is 79.8 Å². The Hall–Kier alpha value is -4.51. The maximum Gasteiger partial charge on any atom is 0.221 e. The van der Waals surface area contributed by atoms with Crippen LogP contribution in [0.4, 0.5) is 22.7 Å². The zero-order valence-corrected chi connectivity index (χ0v) is 18.1. The second-order valence-corrected chi connectivity index (χ2v) is 7.87. The summed E-state index contributed by atoms with van der Waals surface area (Å²) in [7, 11) is 0. The number of nitrogens with one attached hydrogen (secondary N) is 1. The van der Waals surface area contributed by atoms with Crippen molar-refractivity contribution in [3.63, 3.8) is 0 Å². The van der Waals surface area contributed by atoms with Gasteiger partial charge in [-0.05, 0) is 29.0 Å². The van der Waals surface area contributed by atoms with Crippen molar-refractivity contribution in [2.75, 3.05) is 11.1 Å². The van der Waals surface area contributed by atoms with E-state index < -0.39 is 0 Å². The second kappa shape index (κ2) is 8.55. The van der Waals surface area contributed by atoms with Crippen LogP contribution in [0.2, 0.25) is 0 Å². The van der Waals surface area contributed by atoms with E-state index in [9.17, 15) is 4.79 Å². The van der Waals surface area contributed by atoms with Gasteiger partial charge in [-0.1, -0.05) is 78.9 Å². The lowest BCUT2D eigenvalue weighted by Gasteiger charge is -2.14. The van der Waals surface area contributed by atoms with Gasteiger partial charge in [-0.25, -0.2) is 0 Å². The quantitative estimate of drug-likeness (QED) is 0.227. The van der Waals surface area contributed by atoms with Crippen LogP contribution in [-0.2, 0) is 4.79 Å². The number of nitrogens with zero attached hydrogens (tertiary/aromatic N) is 2. The summed E-state index contributed by atoms with van der Waals surface area (Å²) in [4.78, 5) is 11.8. The van der Waals surface area contributed by atoms with Crippen LogP contribution in [0.5, 0.6) is 0 Å². The molecular formula is C28H22N4O. The molecule has 0 atom stereocenters. The number of nitrogens with two attached hydrogens (primary N) is 1. The zero-order chi connectivity index (χ0) is 22.8. The third kappa shape index (κ3) is 4.04. The van der Waals surface area contributed by atoms with Crippen LogP contribution < -0.4 is 11.1 Å². The highest BCUT2D eigenvalue weighted by molar-refractivity contribution is 6.04. The average molecular weight is 431 g/mol. The number of azo groups is 1. The lowest BCUT2D eigenvalue weighted by atomic mass is 9.97. The van der Waals surface area contributed by atoms with E-state index in [0.717, 1.165) is 44.0 Å². The molecule has 5 nitrogen and oxygen atoms in total. The van der Waals surface area contributed by atoms with E-state index in [1.807, 2.05) is 72.8 Å². The molecule has 0 unspecified atom stereocenters. The fourth-order valence-corrected chi connectivity index (χ4v) is 4.07. The summed E-state index contributed by atoms with van der Waals surface area (Å²) in [5.41, 5.74) is 10.4. The lowest BCUT2D eigenvalue weighted by Crippen LogP contribution is -2.07. The number of amides is 1. The van der Waals surface area contributed by atoms with Gasteiger partial charge in [-0.15, -0.1) is 10.2 Å². The number of rotatable bonds is 4. The van der Waals surface area contributed by atoms with Crippen molar-refractivity contribution in [1.29, 1.82) is 0 Å². The van der Waals surface area contributed by atoms with Gasteiger partial charge in [0.2, 0.25) is 5.91 Å². The van der Waals surface area contributed by atoms with Gasteiger partial charge in [-0.3, -0.25) is 4.79 Å². The Kier molecular flexibility index (Phi) is 5.29. The Morgan fingerprint density at radius 1 is 0.727 bits per heavy atom. The van der Waals surface area contributed by atoms with E-state index in [0.29, 0.717) is 11.4 Å². The van der Waals surface area contributed by atoms with Gasteiger partial charge in [0, 0.05) is 34.5 Å². The standard InChI is InChI=1S/C28H22N4O/c1-18(33)30-27-17-21(29)14-16-24(27)25-15-13-20-8-3-5-11-23(20)28(25)32-31-26-12-6-9-19-7-2-4-10-22(19)26/h2-17H,29H2,1H3,(H,30,33). The van der Waals surface area contributed by atoms with Crippen LogP contribution in [0.1, 0.15) is 6.92 Å². The molecule has 0 aliphatic rings. The minimum Gasteiger partial charge on any atom is -0.399 e. The summed E-state index contributed by atoms with van der Waals surface area (Å²) < 4.78 is 0. The third-order valence-electron chi connectivity index (χ3n) is 5.57. The smallest absolute Gasteiger partial charge is 0.221 e. The predicted octanol–water partition coefficient (Wildman–Crippen LogP) is 7.62. The van der Waals surface area contributed by atoms with Gasteiger partial charge in [0.05, 0.1) is 11.4 Å². The van der Waals surface area contributed by atoms with Crippen LogP contribution in [-0.4, -0.2) is 5.91 Å². The van der Waals surface area contributed by atoms with Crippen molar-refractivity contribution in [2.24, 2.45) is 10.2 Å². The molecule has 0 aliphatic heterocycles. The van der Waals surface area contributed by atoms with Gasteiger partial charge in [-0.2, -0.15) is 0 Å². The molecule has 0 heterocycles. The molecule has 0 spiro atoms. The van der Waals surface area contributed by atoms with Crippen molar-refractivity contribution >= 4 is 50.2 Å². The van der Waals surface area contributed by atoms with E-state index in [2.05, 4.69) is 28.6 Å². The minimum absolute atomic E-state index is 0.165. The van der Waals surface area contributed by atoms with Crippen LogP contribution in [0.25, 0.3) is 32.7 Å². The summed E-state index contributed by atoms with van der Waals surface area (Å²) in [6.07, 6.45) is 0. The molecule has 0 saturated carbocycles. The molecule has 33 heavy (non-hydrogen) atoms. The first kappa shape index (κ1) is 20.4. The molecule has 0 aliphatic carbocycles. The summed E-state index contributed by atoms with van der Waals surface area (Å²) in [5, 5.41) is 16.5. The average Bonchev–Trinajstić information content (AvgIpc) is 2.82. The fraction of sp³-hybridized carbons (Fsp3) is 0.0357. The highest BCUT2D eigenvalue weighted by Crippen LogP contribution is 2.42. The summed E-state index contributed by atoms with van der Waals surface area (Å²) in [6.45, 7) is 1.48. The second-order valence-electron chi connectivity index (χ2n) is 7.87. The van der Waals surface area contributed by atoms with E-state index in [1.165, 1.54) is 6.92 Å². The largest absolute Gasteiger partial charge is 0.399 e. The van der Waals surface area contributed by atoms with E-state index in [4.69, 9.17) is 10.8 Å². The monoisotopic (exact) mass is 430 g/mol. The normalized spacial score (nSPS) is 11.3. The highest BCUT2D eigenvalue weighted by atomic mass is 16.1. The minimum atomic E-state index is -0.165. The number of hydrogen-bond acceptors (Lipinski definition) is 4. The molecule has 0 saturated heterocycles. The maximum absolute atomic E-state index is 11.8. The summed E-state index contributed by atoms with van der Waals surface area (Å²) >= 11 is 0. The van der Waals surface area contributed by atoms with Crippen molar-refractivity contribution < 1.29 is 4.79 Å². The molecule has 1 amide bonds. The zero-order valence-electron chi connectivity index (χ0n) is 18.1. The molecule has 0 fully saturated rings. The van der Waals surface area contributed by atoms with Crippen LogP contribution in [0, 0.1) is 0 Å². The van der Waals surface area contributed by atoms with Crippen molar-refractivity contribution in [3.8, 4) is 11.1 Å². The highest BCUT2D eigenvalue weighted by Gasteiger charge is 2.14. The number of hydrogen-bond donors (Lipinski definition) is 2. The number of nitrogen functional groups attached to an aromatic ring is 1. The number of benzene rings is 5.